The molecule has 2 aliphatic rings. The van der Waals surface area contributed by atoms with Crippen LogP contribution in [0.25, 0.3) is 0 Å². The summed E-state index contributed by atoms with van der Waals surface area (Å²) in [4.78, 5) is 5.59. The zero-order valence-electron chi connectivity index (χ0n) is 21.0. The fourth-order valence-electron chi connectivity index (χ4n) is 5.10. The van der Waals surface area contributed by atoms with Gasteiger partial charge in [-0.25, -0.2) is 8.42 Å². The summed E-state index contributed by atoms with van der Waals surface area (Å²) in [5.74, 6) is 0.546. The maximum Gasteiger partial charge on any atom is 0.243 e. The first-order chi connectivity index (χ1) is 17.6. The third-order valence-electron chi connectivity index (χ3n) is 7.46. The second-order valence-electron chi connectivity index (χ2n) is 10.00. The second kappa shape index (κ2) is 9.83. The van der Waals surface area contributed by atoms with Gasteiger partial charge in [-0.1, -0.05) is 17.7 Å². The van der Waals surface area contributed by atoms with Crippen LogP contribution in [0.15, 0.2) is 72.3 Å². The number of aliphatic hydroxyl groups is 1. The van der Waals surface area contributed by atoms with Crippen molar-refractivity contribution in [1.82, 2.24) is 9.29 Å². The third-order valence-corrected chi connectivity index (χ3v) is 9.61. The number of aromatic amines is 1. The minimum absolute atomic E-state index is 0.200. The van der Waals surface area contributed by atoms with E-state index in [9.17, 15) is 13.5 Å². The predicted octanol–water partition coefficient (Wildman–Crippen LogP) is 5.21. The molecule has 2 aliphatic heterocycles. The van der Waals surface area contributed by atoms with E-state index < -0.39 is 27.8 Å². The van der Waals surface area contributed by atoms with Crippen LogP contribution in [0, 0.1) is 6.92 Å². The van der Waals surface area contributed by atoms with Crippen molar-refractivity contribution in [3.63, 3.8) is 0 Å². The van der Waals surface area contributed by atoms with E-state index in [2.05, 4.69) is 16.5 Å². The van der Waals surface area contributed by atoms with Gasteiger partial charge in [0, 0.05) is 47.7 Å². The number of H-pyrrole nitrogens is 1. The van der Waals surface area contributed by atoms with Crippen LogP contribution >= 0.6 is 11.6 Å². The molecule has 1 saturated heterocycles. The Labute approximate surface area is 223 Å². The van der Waals surface area contributed by atoms with Crippen molar-refractivity contribution in [3.8, 4) is 5.75 Å². The van der Waals surface area contributed by atoms with Gasteiger partial charge in [0.05, 0.1) is 17.5 Å². The topological polar surface area (TPSA) is 85.9 Å². The lowest BCUT2D eigenvalue weighted by molar-refractivity contribution is -0.0691. The Kier molecular flexibility index (Phi) is 6.87. The molecule has 1 unspecified atom stereocenters. The third kappa shape index (κ3) is 4.68. The minimum Gasteiger partial charge on any atom is -0.484 e. The number of halogens is 1. The average molecular weight is 542 g/mol. The van der Waals surface area contributed by atoms with Gasteiger partial charge in [-0.3, -0.25) is 0 Å². The van der Waals surface area contributed by atoms with Crippen LogP contribution in [0.3, 0.4) is 0 Å². The monoisotopic (exact) mass is 541 g/mol. The Hall–Kier alpha value is -2.78. The van der Waals surface area contributed by atoms with Crippen molar-refractivity contribution in [2.75, 3.05) is 18.0 Å². The highest BCUT2D eigenvalue weighted by atomic mass is 35.5. The lowest BCUT2D eigenvalue weighted by atomic mass is 9.82. The largest absolute Gasteiger partial charge is 0.484 e. The van der Waals surface area contributed by atoms with Crippen LogP contribution in [0.2, 0.25) is 5.02 Å². The Bertz CT molecular complexity index is 1400. The van der Waals surface area contributed by atoms with E-state index in [0.29, 0.717) is 42.4 Å². The summed E-state index contributed by atoms with van der Waals surface area (Å²) in [6.45, 7) is 9.25. The van der Waals surface area contributed by atoms with Crippen molar-refractivity contribution in [2.24, 2.45) is 0 Å². The van der Waals surface area contributed by atoms with Crippen molar-refractivity contribution < 1.29 is 18.3 Å². The number of ether oxygens (including phenoxy) is 1. The molecule has 5 rings (SSSR count). The average Bonchev–Trinajstić information content (AvgIpc) is 3.22. The van der Waals surface area contributed by atoms with Gasteiger partial charge < -0.3 is 19.7 Å². The lowest BCUT2D eigenvalue weighted by Crippen LogP contribution is -2.55. The Morgan fingerprint density at radius 1 is 1.24 bits per heavy atom. The molecule has 0 saturated carbocycles. The first-order valence-corrected chi connectivity index (χ1v) is 14.2. The Balaban J connectivity index is 1.68. The molecule has 0 aliphatic carbocycles. The highest BCUT2D eigenvalue weighted by molar-refractivity contribution is 7.89. The number of aliphatic hydroxyl groups excluding tert-OH is 1. The number of fused-ring (bicyclic) bond motifs is 1. The van der Waals surface area contributed by atoms with Crippen molar-refractivity contribution >= 4 is 27.3 Å². The molecule has 1 fully saturated rings. The lowest BCUT2D eigenvalue weighted by Gasteiger charge is -2.48. The second-order valence-corrected chi connectivity index (χ2v) is 12.4. The normalized spacial score (nSPS) is 23.6. The zero-order valence-corrected chi connectivity index (χ0v) is 22.6. The Morgan fingerprint density at radius 3 is 2.57 bits per heavy atom. The highest BCUT2D eigenvalue weighted by Gasteiger charge is 2.48. The van der Waals surface area contributed by atoms with Crippen LogP contribution in [-0.4, -0.2) is 47.6 Å². The number of hydrogen-bond donors (Lipinski definition) is 2. The Morgan fingerprint density at radius 2 is 1.97 bits per heavy atom. The van der Waals surface area contributed by atoms with E-state index in [-0.39, 0.29) is 4.90 Å². The van der Waals surface area contributed by atoms with Crippen LogP contribution < -0.4 is 9.64 Å². The van der Waals surface area contributed by atoms with Crippen molar-refractivity contribution in [1.29, 1.82) is 0 Å². The van der Waals surface area contributed by atoms with E-state index in [1.165, 1.54) is 4.31 Å². The summed E-state index contributed by atoms with van der Waals surface area (Å²) in [6, 6.07) is 13.8. The molecule has 0 radical (unpaired) electrons. The number of nitrogens with one attached hydrogen (secondary N) is 1. The van der Waals surface area contributed by atoms with Crippen LogP contribution in [0.5, 0.6) is 5.75 Å². The van der Waals surface area contributed by atoms with Gasteiger partial charge in [0.2, 0.25) is 10.0 Å². The highest BCUT2D eigenvalue weighted by Crippen LogP contribution is 2.47. The molecule has 7 nitrogen and oxygen atoms in total. The van der Waals surface area contributed by atoms with Crippen LogP contribution in [0.4, 0.5) is 5.69 Å². The van der Waals surface area contributed by atoms with Crippen molar-refractivity contribution in [2.45, 2.75) is 55.9 Å². The number of aryl methyl sites for hydroxylation is 1. The zero-order chi connectivity index (χ0) is 26.4. The minimum atomic E-state index is -3.63. The summed E-state index contributed by atoms with van der Waals surface area (Å²) in [5, 5.41) is 12.5. The number of anilines is 1. The predicted molar refractivity (Wildman–Crippen MR) is 146 cm³/mol. The smallest absolute Gasteiger partial charge is 0.243 e. The number of hydrogen-bond acceptors (Lipinski definition) is 5. The SMILES string of the molecule is C=CCC1(C)Oc2ccc(S(=O)(=O)N3CCC3)cc2[C@@H](N(Cc2[nH]ccc2C)c2ccc(Cl)cc2)[C@@H]1O. The maximum absolute atomic E-state index is 13.3. The first kappa shape index (κ1) is 25.9. The van der Waals surface area contributed by atoms with Gasteiger partial charge >= 0.3 is 0 Å². The molecular weight excluding hydrogens is 510 g/mol. The van der Waals surface area contributed by atoms with Crippen LogP contribution in [-0.2, 0) is 16.6 Å². The molecule has 0 amide bonds. The molecule has 0 spiro atoms. The number of rotatable bonds is 8. The molecule has 0 bridgehead atoms. The standard InChI is InChI=1S/C28H32ClN3O4S/c1-4-13-28(3)27(33)26(23-17-22(10-11-25(23)36-28)37(34,35)31-15-5-16-31)32(18-24-19(2)12-14-30-24)21-8-6-20(29)7-9-21/h4,6-12,14,17,26-27,30,33H,1,5,13,15-16,18H2,2-3H3/t26-,27+,28?/m1/s1. The van der Waals surface area contributed by atoms with E-state index >= 15 is 0 Å². The molecule has 2 N–H and O–H groups in total. The molecular formula is C28H32ClN3O4S. The van der Waals surface area contributed by atoms with Crippen molar-refractivity contribution in [3.05, 3.63) is 89.2 Å². The van der Waals surface area contributed by atoms with E-state index in [1.54, 1.807) is 24.3 Å². The van der Waals surface area contributed by atoms with Gasteiger partial charge in [0.15, 0.2) is 0 Å². The molecule has 1 aromatic heterocycles. The molecule has 9 heteroatoms. The number of sulfonamides is 1. The maximum atomic E-state index is 13.3. The molecule has 3 atom stereocenters. The summed E-state index contributed by atoms with van der Waals surface area (Å²) in [6.07, 6.45) is 3.89. The fourth-order valence-corrected chi connectivity index (χ4v) is 6.77. The van der Waals surface area contributed by atoms with E-state index in [1.807, 2.05) is 50.4 Å². The summed E-state index contributed by atoms with van der Waals surface area (Å²) >= 11 is 6.21. The van der Waals surface area contributed by atoms with E-state index in [4.69, 9.17) is 16.3 Å². The van der Waals surface area contributed by atoms with Crippen LogP contribution in [0.1, 0.15) is 42.6 Å². The first-order valence-electron chi connectivity index (χ1n) is 12.4. The summed E-state index contributed by atoms with van der Waals surface area (Å²) in [5.41, 5.74) is 2.57. The number of benzene rings is 2. The van der Waals surface area contributed by atoms with Gasteiger partial charge in [0.25, 0.3) is 0 Å². The van der Waals surface area contributed by atoms with Gasteiger partial charge in [0.1, 0.15) is 17.5 Å². The van der Waals surface area contributed by atoms with Gasteiger partial charge in [-0.15, -0.1) is 6.58 Å². The van der Waals surface area contributed by atoms with Gasteiger partial charge in [-0.2, -0.15) is 4.31 Å². The fraction of sp³-hybridized carbons (Fsp3) is 0.357. The summed E-state index contributed by atoms with van der Waals surface area (Å²) in [7, 11) is -3.63. The summed E-state index contributed by atoms with van der Waals surface area (Å²) < 4.78 is 34.4. The molecule has 2 aromatic carbocycles. The quantitative estimate of drug-likeness (QED) is 0.382. The molecule has 3 heterocycles. The molecule has 3 aromatic rings. The molecule has 37 heavy (non-hydrogen) atoms. The molecule has 196 valence electrons. The number of nitrogens with zero attached hydrogens (tertiary/aromatic N) is 2. The van der Waals surface area contributed by atoms with E-state index in [0.717, 1.165) is 23.4 Å². The number of aromatic nitrogens is 1. The van der Waals surface area contributed by atoms with Gasteiger partial charge in [-0.05, 0) is 74.4 Å².